The Hall–Kier alpha value is -1.42. The summed E-state index contributed by atoms with van der Waals surface area (Å²) >= 11 is 0. The molecule has 0 amide bonds. The van der Waals surface area contributed by atoms with Crippen molar-refractivity contribution in [3.63, 3.8) is 0 Å². The topological polar surface area (TPSA) is 50.8 Å². The lowest BCUT2D eigenvalue weighted by molar-refractivity contribution is 0.182. The standard InChI is InChI=1S/C9H11N3O/c1-6-11-7-3-4-10-9(7)8(12-6)5-13-2/h3-4,10H,5H2,1-2H3. The summed E-state index contributed by atoms with van der Waals surface area (Å²) in [4.78, 5) is 11.7. The van der Waals surface area contributed by atoms with Gasteiger partial charge in [0.2, 0.25) is 0 Å². The van der Waals surface area contributed by atoms with Crippen molar-refractivity contribution in [1.29, 1.82) is 0 Å². The summed E-state index contributed by atoms with van der Waals surface area (Å²) in [5, 5.41) is 0. The summed E-state index contributed by atoms with van der Waals surface area (Å²) in [5.41, 5.74) is 2.82. The van der Waals surface area contributed by atoms with E-state index >= 15 is 0 Å². The zero-order chi connectivity index (χ0) is 9.26. The van der Waals surface area contributed by atoms with Gasteiger partial charge in [-0.25, -0.2) is 9.97 Å². The number of fused-ring (bicyclic) bond motifs is 1. The van der Waals surface area contributed by atoms with Crippen LogP contribution in [-0.2, 0) is 11.3 Å². The van der Waals surface area contributed by atoms with E-state index in [1.807, 2.05) is 19.2 Å². The highest BCUT2D eigenvalue weighted by atomic mass is 16.5. The fourth-order valence-electron chi connectivity index (χ4n) is 1.38. The van der Waals surface area contributed by atoms with Crippen LogP contribution in [-0.4, -0.2) is 22.1 Å². The van der Waals surface area contributed by atoms with Gasteiger partial charge in [-0.05, 0) is 13.0 Å². The lowest BCUT2D eigenvalue weighted by Gasteiger charge is -2.01. The Balaban J connectivity index is 2.63. The molecule has 0 radical (unpaired) electrons. The lowest BCUT2D eigenvalue weighted by atomic mass is 10.3. The van der Waals surface area contributed by atoms with Crippen molar-refractivity contribution < 1.29 is 4.74 Å². The van der Waals surface area contributed by atoms with E-state index in [1.54, 1.807) is 7.11 Å². The van der Waals surface area contributed by atoms with Gasteiger partial charge in [0, 0.05) is 13.3 Å². The molecule has 13 heavy (non-hydrogen) atoms. The van der Waals surface area contributed by atoms with Gasteiger partial charge in [0.15, 0.2) is 0 Å². The maximum Gasteiger partial charge on any atom is 0.126 e. The van der Waals surface area contributed by atoms with Gasteiger partial charge in [0.25, 0.3) is 0 Å². The first-order valence-corrected chi connectivity index (χ1v) is 4.11. The number of hydrogen-bond donors (Lipinski definition) is 1. The van der Waals surface area contributed by atoms with Crippen LogP contribution in [0.5, 0.6) is 0 Å². The predicted octanol–water partition coefficient (Wildman–Crippen LogP) is 1.41. The number of rotatable bonds is 2. The molecule has 0 saturated carbocycles. The van der Waals surface area contributed by atoms with Gasteiger partial charge in [-0.3, -0.25) is 0 Å². The molecule has 0 spiro atoms. The van der Waals surface area contributed by atoms with Crippen LogP contribution in [0.15, 0.2) is 12.3 Å². The summed E-state index contributed by atoms with van der Waals surface area (Å²) < 4.78 is 5.05. The van der Waals surface area contributed by atoms with E-state index in [9.17, 15) is 0 Å². The van der Waals surface area contributed by atoms with Crippen LogP contribution in [0.3, 0.4) is 0 Å². The SMILES string of the molecule is COCc1nc(C)nc2cc[nH]c12. The summed E-state index contributed by atoms with van der Waals surface area (Å²) in [5.74, 6) is 0.777. The number of aromatic nitrogens is 3. The van der Waals surface area contributed by atoms with Gasteiger partial charge in [-0.15, -0.1) is 0 Å². The summed E-state index contributed by atoms with van der Waals surface area (Å²) in [6.45, 7) is 2.39. The number of nitrogens with zero attached hydrogens (tertiary/aromatic N) is 2. The van der Waals surface area contributed by atoms with Gasteiger partial charge in [-0.1, -0.05) is 0 Å². The van der Waals surface area contributed by atoms with Gasteiger partial charge in [0.05, 0.1) is 23.3 Å². The van der Waals surface area contributed by atoms with Crippen LogP contribution in [0.4, 0.5) is 0 Å². The van der Waals surface area contributed by atoms with E-state index in [-0.39, 0.29) is 0 Å². The van der Waals surface area contributed by atoms with Crippen molar-refractivity contribution in [2.24, 2.45) is 0 Å². The van der Waals surface area contributed by atoms with Gasteiger partial charge in [0.1, 0.15) is 5.82 Å². The zero-order valence-electron chi connectivity index (χ0n) is 7.66. The van der Waals surface area contributed by atoms with E-state index in [0.29, 0.717) is 6.61 Å². The number of ether oxygens (including phenoxy) is 1. The Kier molecular flexibility index (Phi) is 1.98. The first-order valence-electron chi connectivity index (χ1n) is 4.11. The molecule has 2 aromatic rings. The second-order valence-corrected chi connectivity index (χ2v) is 2.89. The molecule has 4 heteroatoms. The third-order valence-corrected chi connectivity index (χ3v) is 1.87. The molecule has 0 unspecified atom stereocenters. The predicted molar refractivity (Wildman–Crippen MR) is 49.3 cm³/mol. The van der Waals surface area contributed by atoms with Crippen LogP contribution in [0.1, 0.15) is 11.5 Å². The molecule has 2 heterocycles. The fourth-order valence-corrected chi connectivity index (χ4v) is 1.38. The number of aromatic amines is 1. The second-order valence-electron chi connectivity index (χ2n) is 2.89. The fraction of sp³-hybridized carbons (Fsp3) is 0.333. The molecule has 68 valence electrons. The number of aryl methyl sites for hydroxylation is 1. The monoisotopic (exact) mass is 177 g/mol. The number of hydrogen-bond acceptors (Lipinski definition) is 3. The minimum Gasteiger partial charge on any atom is -0.378 e. The highest BCUT2D eigenvalue weighted by molar-refractivity contribution is 5.76. The van der Waals surface area contributed by atoms with Crippen molar-refractivity contribution in [3.8, 4) is 0 Å². The molecule has 0 fully saturated rings. The van der Waals surface area contributed by atoms with E-state index in [1.165, 1.54) is 0 Å². The Bertz CT molecular complexity index is 422. The van der Waals surface area contributed by atoms with Gasteiger partial charge in [-0.2, -0.15) is 0 Å². The summed E-state index contributed by atoms with van der Waals surface area (Å²) in [6.07, 6.45) is 1.86. The maximum absolute atomic E-state index is 5.05. The summed E-state index contributed by atoms with van der Waals surface area (Å²) in [6, 6.07) is 1.93. The van der Waals surface area contributed by atoms with E-state index in [0.717, 1.165) is 22.6 Å². The molecule has 0 atom stereocenters. The molecular formula is C9H11N3O. The van der Waals surface area contributed by atoms with Crippen LogP contribution in [0.2, 0.25) is 0 Å². The Labute approximate surface area is 76.0 Å². The van der Waals surface area contributed by atoms with Crippen molar-refractivity contribution in [2.45, 2.75) is 13.5 Å². The molecule has 0 bridgehead atoms. The molecule has 1 N–H and O–H groups in total. The molecule has 0 saturated heterocycles. The molecule has 0 aliphatic carbocycles. The molecule has 0 aliphatic rings. The molecule has 0 aliphatic heterocycles. The molecule has 2 rings (SSSR count). The first-order chi connectivity index (χ1) is 6.31. The minimum absolute atomic E-state index is 0.514. The van der Waals surface area contributed by atoms with Gasteiger partial charge < -0.3 is 9.72 Å². The Morgan fingerprint density at radius 2 is 2.31 bits per heavy atom. The summed E-state index contributed by atoms with van der Waals surface area (Å²) in [7, 11) is 1.66. The number of methoxy groups -OCH3 is 1. The highest BCUT2D eigenvalue weighted by Crippen LogP contribution is 2.13. The van der Waals surface area contributed by atoms with Crippen LogP contribution >= 0.6 is 0 Å². The van der Waals surface area contributed by atoms with Crippen molar-refractivity contribution in [3.05, 3.63) is 23.8 Å². The normalized spacial score (nSPS) is 10.9. The lowest BCUT2D eigenvalue weighted by Crippen LogP contribution is -1.98. The average molecular weight is 177 g/mol. The molecule has 0 aromatic carbocycles. The number of H-pyrrole nitrogens is 1. The van der Waals surface area contributed by atoms with E-state index < -0.39 is 0 Å². The van der Waals surface area contributed by atoms with Crippen molar-refractivity contribution in [1.82, 2.24) is 15.0 Å². The third-order valence-electron chi connectivity index (χ3n) is 1.87. The van der Waals surface area contributed by atoms with Crippen LogP contribution in [0, 0.1) is 6.92 Å². The van der Waals surface area contributed by atoms with E-state index in [2.05, 4.69) is 15.0 Å². The quantitative estimate of drug-likeness (QED) is 0.754. The van der Waals surface area contributed by atoms with Crippen LogP contribution in [0.25, 0.3) is 11.0 Å². The van der Waals surface area contributed by atoms with Crippen molar-refractivity contribution in [2.75, 3.05) is 7.11 Å². The van der Waals surface area contributed by atoms with Crippen LogP contribution < -0.4 is 0 Å². The molecule has 2 aromatic heterocycles. The Morgan fingerprint density at radius 1 is 1.46 bits per heavy atom. The largest absolute Gasteiger partial charge is 0.378 e. The minimum atomic E-state index is 0.514. The molecule has 4 nitrogen and oxygen atoms in total. The zero-order valence-corrected chi connectivity index (χ0v) is 7.66. The van der Waals surface area contributed by atoms with E-state index in [4.69, 9.17) is 4.74 Å². The first kappa shape index (κ1) is 8.19. The average Bonchev–Trinajstić information content (AvgIpc) is 2.52. The maximum atomic E-state index is 5.05. The second kappa shape index (κ2) is 3.14. The third kappa shape index (κ3) is 1.40. The van der Waals surface area contributed by atoms with Crippen molar-refractivity contribution >= 4 is 11.0 Å². The number of nitrogens with one attached hydrogen (secondary N) is 1. The highest BCUT2D eigenvalue weighted by Gasteiger charge is 2.05. The van der Waals surface area contributed by atoms with Gasteiger partial charge >= 0.3 is 0 Å². The molecular weight excluding hydrogens is 166 g/mol. The Morgan fingerprint density at radius 3 is 3.08 bits per heavy atom. The smallest absolute Gasteiger partial charge is 0.126 e.